The van der Waals surface area contributed by atoms with Gasteiger partial charge in [-0.3, -0.25) is 4.79 Å². The molecule has 2 aromatic carbocycles. The first kappa shape index (κ1) is 22.6. The monoisotopic (exact) mass is 465 g/mol. The number of para-hydroxylation sites is 1. The van der Waals surface area contributed by atoms with Crippen LogP contribution in [-0.4, -0.2) is 53.2 Å². The number of nitrogens with zero attached hydrogens (tertiary/aromatic N) is 3. The number of ether oxygens (including phenoxy) is 2. The lowest BCUT2D eigenvalue weighted by Crippen LogP contribution is -2.47. The van der Waals surface area contributed by atoms with Crippen LogP contribution >= 0.6 is 0 Å². The van der Waals surface area contributed by atoms with Crippen molar-refractivity contribution in [1.29, 1.82) is 0 Å². The summed E-state index contributed by atoms with van der Waals surface area (Å²) in [5.41, 5.74) is -0.495. The third kappa shape index (κ3) is 4.63. The Labute approximate surface area is 184 Å². The number of hydrogen-bond donors (Lipinski definition) is 0. The molecule has 4 rings (SSSR count). The molecule has 0 spiro atoms. The van der Waals surface area contributed by atoms with Gasteiger partial charge in [0, 0.05) is 12.6 Å². The molecule has 1 aliphatic rings. The molecule has 1 amide bonds. The van der Waals surface area contributed by atoms with Crippen LogP contribution in [0.1, 0.15) is 5.56 Å². The zero-order valence-electron chi connectivity index (χ0n) is 16.9. The Morgan fingerprint density at radius 3 is 2.52 bits per heavy atom. The van der Waals surface area contributed by atoms with E-state index in [1.807, 2.05) is 12.1 Å². The summed E-state index contributed by atoms with van der Waals surface area (Å²) in [6, 6.07) is 7.24. The van der Waals surface area contributed by atoms with Gasteiger partial charge < -0.3 is 14.4 Å². The molecule has 172 valence electrons. The lowest BCUT2D eigenvalue weighted by Gasteiger charge is -2.32. The third-order valence-electron chi connectivity index (χ3n) is 5.00. The summed E-state index contributed by atoms with van der Waals surface area (Å²) < 4.78 is 78.7. The van der Waals surface area contributed by atoms with Crippen molar-refractivity contribution in [3.8, 4) is 5.88 Å². The van der Waals surface area contributed by atoms with Crippen LogP contribution in [0.3, 0.4) is 0 Å². The zero-order valence-corrected chi connectivity index (χ0v) is 16.9. The SMILES string of the molecule is O=C(C=Cc1c(F)c(F)c(F)c(F)c1F)N1CCOC(COc2ncnc3ccccc23)C1. The highest BCUT2D eigenvalue weighted by atomic mass is 19.2. The number of carbonyl (C=O) groups excluding carboxylic acids is 1. The smallest absolute Gasteiger partial charge is 0.246 e. The molecular weight excluding hydrogens is 449 g/mol. The standard InChI is InChI=1S/C22H16F5N3O3/c23-17-14(18(24)20(26)21(27)19(17)25)5-6-16(31)30-7-8-32-12(9-30)10-33-22-13-3-1-2-4-15(13)28-11-29-22/h1-6,11-12H,7-10H2. The van der Waals surface area contributed by atoms with Crippen LogP contribution < -0.4 is 4.74 Å². The van der Waals surface area contributed by atoms with Gasteiger partial charge in [0.05, 0.1) is 29.6 Å². The van der Waals surface area contributed by atoms with Gasteiger partial charge in [0.1, 0.15) is 19.0 Å². The van der Waals surface area contributed by atoms with Crippen LogP contribution in [-0.2, 0) is 9.53 Å². The minimum atomic E-state index is -2.26. The van der Waals surface area contributed by atoms with E-state index < -0.39 is 46.7 Å². The van der Waals surface area contributed by atoms with Crippen LogP contribution in [0.5, 0.6) is 5.88 Å². The van der Waals surface area contributed by atoms with E-state index >= 15 is 0 Å². The first-order valence-electron chi connectivity index (χ1n) is 9.79. The fraction of sp³-hybridized carbons (Fsp3) is 0.227. The van der Waals surface area contributed by atoms with Crippen molar-refractivity contribution in [3.05, 3.63) is 71.3 Å². The Morgan fingerprint density at radius 2 is 1.76 bits per heavy atom. The molecule has 0 saturated carbocycles. The number of aromatic nitrogens is 2. The summed E-state index contributed by atoms with van der Waals surface area (Å²) in [7, 11) is 0. The highest BCUT2D eigenvalue weighted by Gasteiger charge is 2.26. The van der Waals surface area contributed by atoms with E-state index in [0.717, 1.165) is 6.08 Å². The van der Waals surface area contributed by atoms with Crippen molar-refractivity contribution >= 4 is 22.9 Å². The molecule has 1 aromatic heterocycles. The largest absolute Gasteiger partial charge is 0.474 e. The van der Waals surface area contributed by atoms with Crippen LogP contribution in [0, 0.1) is 29.1 Å². The second-order valence-corrected chi connectivity index (χ2v) is 7.10. The van der Waals surface area contributed by atoms with E-state index in [-0.39, 0.29) is 26.3 Å². The number of hydrogen-bond acceptors (Lipinski definition) is 5. The maximum atomic E-state index is 13.8. The molecule has 1 aliphatic heterocycles. The van der Waals surface area contributed by atoms with Gasteiger partial charge >= 0.3 is 0 Å². The molecule has 0 bridgehead atoms. The highest BCUT2D eigenvalue weighted by molar-refractivity contribution is 5.92. The Kier molecular flexibility index (Phi) is 6.50. The number of amides is 1. The molecule has 0 N–H and O–H groups in total. The second-order valence-electron chi connectivity index (χ2n) is 7.10. The molecule has 1 fully saturated rings. The molecule has 3 aromatic rings. The predicted octanol–water partition coefficient (Wildman–Crippen LogP) is 3.64. The van der Waals surface area contributed by atoms with Crippen molar-refractivity contribution in [2.24, 2.45) is 0 Å². The lowest BCUT2D eigenvalue weighted by molar-refractivity contribution is -0.134. The first-order valence-corrected chi connectivity index (χ1v) is 9.79. The van der Waals surface area contributed by atoms with Crippen molar-refractivity contribution in [3.63, 3.8) is 0 Å². The molecule has 0 radical (unpaired) electrons. The normalized spacial score (nSPS) is 16.5. The summed E-state index contributed by atoms with van der Waals surface area (Å²) in [5.74, 6) is -10.8. The summed E-state index contributed by atoms with van der Waals surface area (Å²) >= 11 is 0. The second kappa shape index (κ2) is 9.49. The third-order valence-corrected chi connectivity index (χ3v) is 5.00. The Balaban J connectivity index is 1.42. The van der Waals surface area contributed by atoms with Crippen LogP contribution in [0.25, 0.3) is 17.0 Å². The first-order chi connectivity index (χ1) is 15.9. The predicted molar refractivity (Wildman–Crippen MR) is 107 cm³/mol. The molecular formula is C22H16F5N3O3. The molecule has 33 heavy (non-hydrogen) atoms. The molecule has 0 aliphatic carbocycles. The number of halogens is 5. The Morgan fingerprint density at radius 1 is 1.06 bits per heavy atom. The molecule has 11 heteroatoms. The zero-order chi connectivity index (χ0) is 23.5. The van der Waals surface area contributed by atoms with E-state index in [9.17, 15) is 26.7 Å². The van der Waals surface area contributed by atoms with Gasteiger partial charge in [-0.25, -0.2) is 31.9 Å². The molecule has 1 atom stereocenters. The number of carbonyl (C=O) groups is 1. The summed E-state index contributed by atoms with van der Waals surface area (Å²) in [4.78, 5) is 22.0. The van der Waals surface area contributed by atoms with Gasteiger partial charge in [-0.2, -0.15) is 0 Å². The minimum Gasteiger partial charge on any atom is -0.474 e. The van der Waals surface area contributed by atoms with Gasteiger partial charge in [-0.1, -0.05) is 12.1 Å². The quantitative estimate of drug-likeness (QED) is 0.249. The number of morpholine rings is 1. The summed E-state index contributed by atoms with van der Waals surface area (Å²) in [6.07, 6.45) is 2.14. The average molecular weight is 465 g/mol. The van der Waals surface area contributed by atoms with Crippen LogP contribution in [0.4, 0.5) is 22.0 Å². The van der Waals surface area contributed by atoms with Gasteiger partial charge in [-0.15, -0.1) is 0 Å². The molecule has 2 heterocycles. The Hall–Kier alpha value is -3.60. The topological polar surface area (TPSA) is 64.6 Å². The number of benzene rings is 2. The van der Waals surface area contributed by atoms with E-state index in [4.69, 9.17) is 9.47 Å². The fourth-order valence-electron chi connectivity index (χ4n) is 3.32. The molecule has 1 unspecified atom stereocenters. The highest BCUT2D eigenvalue weighted by Crippen LogP contribution is 2.24. The van der Waals surface area contributed by atoms with Gasteiger partial charge in [0.15, 0.2) is 23.3 Å². The molecule has 1 saturated heterocycles. The van der Waals surface area contributed by atoms with E-state index in [2.05, 4.69) is 9.97 Å². The van der Waals surface area contributed by atoms with Gasteiger partial charge in [0.2, 0.25) is 17.6 Å². The van der Waals surface area contributed by atoms with Crippen molar-refractivity contribution in [2.45, 2.75) is 6.10 Å². The van der Waals surface area contributed by atoms with E-state index in [1.54, 1.807) is 12.1 Å². The minimum absolute atomic E-state index is 0.0616. The van der Waals surface area contributed by atoms with Crippen molar-refractivity contribution in [1.82, 2.24) is 14.9 Å². The van der Waals surface area contributed by atoms with E-state index in [1.165, 1.54) is 11.2 Å². The summed E-state index contributed by atoms with van der Waals surface area (Å²) in [6.45, 7) is 0.489. The van der Waals surface area contributed by atoms with E-state index in [0.29, 0.717) is 22.9 Å². The van der Waals surface area contributed by atoms with Gasteiger partial charge in [0.25, 0.3) is 0 Å². The maximum absolute atomic E-state index is 13.8. The Bertz CT molecular complexity index is 1200. The van der Waals surface area contributed by atoms with Gasteiger partial charge in [-0.05, 0) is 18.2 Å². The van der Waals surface area contributed by atoms with Crippen molar-refractivity contribution < 1.29 is 36.2 Å². The molecule has 6 nitrogen and oxygen atoms in total. The lowest BCUT2D eigenvalue weighted by atomic mass is 10.1. The van der Waals surface area contributed by atoms with Crippen LogP contribution in [0.2, 0.25) is 0 Å². The average Bonchev–Trinajstić information content (AvgIpc) is 2.85. The van der Waals surface area contributed by atoms with Crippen LogP contribution in [0.15, 0.2) is 36.7 Å². The fourth-order valence-corrected chi connectivity index (χ4v) is 3.32. The number of fused-ring (bicyclic) bond motifs is 1. The summed E-state index contributed by atoms with van der Waals surface area (Å²) in [5, 5.41) is 0.703. The maximum Gasteiger partial charge on any atom is 0.246 e. The van der Waals surface area contributed by atoms with Crippen molar-refractivity contribution in [2.75, 3.05) is 26.3 Å². The number of rotatable bonds is 5.